The lowest BCUT2D eigenvalue weighted by molar-refractivity contribution is 1.21. The summed E-state index contributed by atoms with van der Waals surface area (Å²) in [5.74, 6) is 25.2. The van der Waals surface area contributed by atoms with Crippen molar-refractivity contribution < 1.29 is 0 Å². The molecule has 0 atom stereocenters. The molecule has 0 saturated carbocycles. The van der Waals surface area contributed by atoms with Gasteiger partial charge in [0, 0.05) is 22.3 Å². The molecule has 0 saturated heterocycles. The van der Waals surface area contributed by atoms with Gasteiger partial charge in [0.25, 0.3) is 0 Å². The third-order valence-corrected chi connectivity index (χ3v) is 4.00. The summed E-state index contributed by atoms with van der Waals surface area (Å²) in [7, 11) is 0. The highest BCUT2D eigenvalue weighted by Gasteiger charge is 2.19. The van der Waals surface area contributed by atoms with Gasteiger partial charge >= 0.3 is 0 Å². The topological polar surface area (TPSA) is 0 Å². The van der Waals surface area contributed by atoms with Gasteiger partial charge < -0.3 is 0 Å². The zero-order valence-electron chi connectivity index (χ0n) is 16.0. The molecule has 0 N–H and O–H groups in total. The fourth-order valence-electron chi connectivity index (χ4n) is 2.88. The molecule has 0 heteroatoms. The average molecular weight is 312 g/mol. The molecule has 0 aromatic carbocycles. The molecule has 120 valence electrons. The van der Waals surface area contributed by atoms with Crippen molar-refractivity contribution in [3.8, 4) is 47.4 Å². The molecule has 0 nitrogen and oxygen atoms in total. The van der Waals surface area contributed by atoms with Crippen LogP contribution < -0.4 is 0 Å². The van der Waals surface area contributed by atoms with Crippen LogP contribution in [-0.4, -0.2) is 0 Å². The number of allylic oxidation sites excluding steroid dienone is 8. The summed E-state index contributed by atoms with van der Waals surface area (Å²) in [6.07, 6.45) is 0. The van der Waals surface area contributed by atoms with Gasteiger partial charge in [0.05, 0.1) is 0 Å². The van der Waals surface area contributed by atoms with Gasteiger partial charge in [-0.3, -0.25) is 0 Å². The van der Waals surface area contributed by atoms with Crippen molar-refractivity contribution >= 4 is 0 Å². The maximum Gasteiger partial charge on any atom is 0.0328 e. The first-order valence-electron chi connectivity index (χ1n) is 8.00. The third kappa shape index (κ3) is 3.75. The molecule has 0 bridgehead atoms. The minimum Gasteiger partial charge on any atom is -0.101 e. The Hall–Kier alpha value is -2.80. The second kappa shape index (κ2) is 8.73. The summed E-state index contributed by atoms with van der Waals surface area (Å²) in [5.41, 5.74) is 8.40. The zero-order chi connectivity index (χ0) is 18.3. The molecule has 0 unspecified atom stereocenters. The van der Waals surface area contributed by atoms with Crippen LogP contribution in [0.3, 0.4) is 0 Å². The van der Waals surface area contributed by atoms with Gasteiger partial charge in [0.2, 0.25) is 0 Å². The molecule has 0 aromatic rings. The minimum atomic E-state index is 1.01. The molecule has 1 aliphatic carbocycles. The molecular formula is C24H24. The quantitative estimate of drug-likeness (QED) is 0.528. The van der Waals surface area contributed by atoms with Crippen LogP contribution in [0.4, 0.5) is 0 Å². The van der Waals surface area contributed by atoms with Gasteiger partial charge in [-0.1, -0.05) is 23.7 Å². The van der Waals surface area contributed by atoms with Crippen molar-refractivity contribution in [2.75, 3.05) is 0 Å². The monoisotopic (exact) mass is 312 g/mol. The molecule has 1 rings (SSSR count). The SMILES string of the molecule is CC#CC1=C(C)/C(C#CC)=C(C)\C(C#CC)=C(\C)C(C#CC)=C1C. The Morgan fingerprint density at radius 2 is 0.542 bits per heavy atom. The summed E-state index contributed by atoms with van der Waals surface area (Å²) in [5, 5.41) is 0. The van der Waals surface area contributed by atoms with Crippen molar-refractivity contribution in [2.45, 2.75) is 55.4 Å². The van der Waals surface area contributed by atoms with Crippen LogP contribution in [0.25, 0.3) is 0 Å². The first kappa shape index (κ1) is 19.2. The third-order valence-electron chi connectivity index (χ3n) is 4.00. The van der Waals surface area contributed by atoms with Crippen LogP contribution in [0.15, 0.2) is 44.6 Å². The van der Waals surface area contributed by atoms with Crippen LogP contribution in [0, 0.1) is 47.4 Å². The Kier molecular flexibility index (Phi) is 7.00. The summed E-state index contributed by atoms with van der Waals surface area (Å²) < 4.78 is 0. The Balaban J connectivity index is 4.16. The molecule has 0 amide bonds. The van der Waals surface area contributed by atoms with Crippen LogP contribution in [0.5, 0.6) is 0 Å². The highest BCUT2D eigenvalue weighted by atomic mass is 14.2. The van der Waals surface area contributed by atoms with Gasteiger partial charge in [-0.05, 0) is 77.7 Å². The second-order valence-electron chi connectivity index (χ2n) is 5.50. The van der Waals surface area contributed by atoms with E-state index < -0.39 is 0 Å². The van der Waals surface area contributed by atoms with Crippen molar-refractivity contribution in [3.63, 3.8) is 0 Å². The number of hydrogen-bond donors (Lipinski definition) is 0. The predicted molar refractivity (Wildman–Crippen MR) is 105 cm³/mol. The van der Waals surface area contributed by atoms with E-state index in [2.05, 4.69) is 75.1 Å². The van der Waals surface area contributed by atoms with Crippen LogP contribution in [0.1, 0.15) is 55.4 Å². The summed E-state index contributed by atoms with van der Waals surface area (Å²) in [6.45, 7) is 15.8. The maximum atomic E-state index is 3.26. The molecule has 1 aliphatic rings. The van der Waals surface area contributed by atoms with E-state index in [0.717, 1.165) is 44.6 Å². The zero-order valence-corrected chi connectivity index (χ0v) is 16.0. The Labute approximate surface area is 147 Å². The minimum absolute atomic E-state index is 1.01. The highest BCUT2D eigenvalue weighted by Crippen LogP contribution is 2.34. The number of hydrogen-bond acceptors (Lipinski definition) is 0. The van der Waals surface area contributed by atoms with Crippen LogP contribution in [0.2, 0.25) is 0 Å². The van der Waals surface area contributed by atoms with E-state index in [1.54, 1.807) is 0 Å². The lowest BCUT2D eigenvalue weighted by Gasteiger charge is -2.19. The Morgan fingerprint density at radius 1 is 0.375 bits per heavy atom. The molecule has 0 aliphatic heterocycles. The molecule has 24 heavy (non-hydrogen) atoms. The van der Waals surface area contributed by atoms with E-state index in [9.17, 15) is 0 Å². The summed E-state index contributed by atoms with van der Waals surface area (Å²) >= 11 is 0. The average Bonchev–Trinajstić information content (AvgIpc) is 2.57. The molecule has 0 fully saturated rings. The summed E-state index contributed by atoms with van der Waals surface area (Å²) in [6, 6.07) is 0. The smallest absolute Gasteiger partial charge is 0.0328 e. The fourth-order valence-corrected chi connectivity index (χ4v) is 2.88. The molecule has 0 spiro atoms. The van der Waals surface area contributed by atoms with Gasteiger partial charge in [-0.2, -0.15) is 0 Å². The Bertz CT molecular complexity index is 740. The first-order chi connectivity index (χ1) is 11.4. The van der Waals surface area contributed by atoms with Crippen molar-refractivity contribution in [2.24, 2.45) is 0 Å². The van der Waals surface area contributed by atoms with Crippen LogP contribution >= 0.6 is 0 Å². The lowest BCUT2D eigenvalue weighted by Crippen LogP contribution is -2.05. The van der Waals surface area contributed by atoms with E-state index >= 15 is 0 Å². The van der Waals surface area contributed by atoms with E-state index in [1.807, 2.05) is 27.7 Å². The van der Waals surface area contributed by atoms with Crippen molar-refractivity contribution in [3.05, 3.63) is 44.6 Å². The van der Waals surface area contributed by atoms with Gasteiger partial charge in [-0.25, -0.2) is 0 Å². The lowest BCUT2D eigenvalue weighted by atomic mass is 9.83. The van der Waals surface area contributed by atoms with Crippen molar-refractivity contribution in [1.82, 2.24) is 0 Å². The molecule has 0 radical (unpaired) electrons. The molecule has 0 heterocycles. The molecule has 0 aromatic heterocycles. The van der Waals surface area contributed by atoms with Gasteiger partial charge in [-0.15, -0.1) is 23.7 Å². The maximum absolute atomic E-state index is 3.26. The largest absolute Gasteiger partial charge is 0.101 e. The predicted octanol–water partition coefficient (Wildman–Crippen LogP) is 5.36. The van der Waals surface area contributed by atoms with Gasteiger partial charge in [0.15, 0.2) is 0 Å². The second-order valence-corrected chi connectivity index (χ2v) is 5.50. The Morgan fingerprint density at radius 3 is 0.667 bits per heavy atom. The normalized spacial score (nSPS) is 20.3. The van der Waals surface area contributed by atoms with Crippen LogP contribution in [-0.2, 0) is 0 Å². The van der Waals surface area contributed by atoms with E-state index in [1.165, 1.54) is 0 Å². The van der Waals surface area contributed by atoms with E-state index in [4.69, 9.17) is 0 Å². The highest BCUT2D eigenvalue weighted by molar-refractivity contribution is 5.71. The fraction of sp³-hybridized carbons (Fsp3) is 0.333. The molecular weight excluding hydrogens is 288 g/mol. The van der Waals surface area contributed by atoms with Gasteiger partial charge in [0.1, 0.15) is 0 Å². The summed E-state index contributed by atoms with van der Waals surface area (Å²) in [4.78, 5) is 0. The van der Waals surface area contributed by atoms with E-state index in [0.29, 0.717) is 0 Å². The van der Waals surface area contributed by atoms with E-state index in [-0.39, 0.29) is 0 Å². The number of rotatable bonds is 0. The van der Waals surface area contributed by atoms with Crippen molar-refractivity contribution in [1.29, 1.82) is 0 Å². The standard InChI is InChI=1S/C24H24/c1-9-13-21-17(5)22(14-10-2)19(7)24(16-12-4)20(8)23(15-11-3)18(21)6/h1-8H3/b21-17-,21-18?,22-17?,22-19-,23-18?,23-20?,24-19?,24-20?. The first-order valence-corrected chi connectivity index (χ1v) is 8.00.